The van der Waals surface area contributed by atoms with Crippen LogP contribution in [0.2, 0.25) is 0 Å². The number of carbonyl (C=O) groups excluding carboxylic acids is 1. The van der Waals surface area contributed by atoms with Crippen LogP contribution in [0.4, 0.5) is 27.1 Å². The van der Waals surface area contributed by atoms with Crippen molar-refractivity contribution in [3.8, 4) is 0 Å². The van der Waals surface area contributed by atoms with Gasteiger partial charge in [0.25, 0.3) is 0 Å². The molecule has 1 aliphatic rings. The molecule has 1 aromatic rings. The smallest absolute Gasteiger partial charge is 0.308 e. The van der Waals surface area contributed by atoms with E-state index in [2.05, 4.69) is 0 Å². The second-order valence-corrected chi connectivity index (χ2v) is 6.09. The highest BCUT2D eigenvalue weighted by atomic mass is 32.3. The van der Waals surface area contributed by atoms with Gasteiger partial charge in [0, 0.05) is 13.0 Å². The van der Waals surface area contributed by atoms with E-state index >= 15 is 0 Å². The van der Waals surface area contributed by atoms with Gasteiger partial charge < -0.3 is 4.90 Å². The molecule has 0 aromatic heterocycles. The van der Waals surface area contributed by atoms with E-state index in [1.807, 2.05) is 0 Å². The highest BCUT2D eigenvalue weighted by Crippen LogP contribution is 2.34. The highest BCUT2D eigenvalue weighted by Gasteiger charge is 2.40. The van der Waals surface area contributed by atoms with Crippen molar-refractivity contribution < 1.29 is 34.7 Å². The van der Waals surface area contributed by atoms with Crippen LogP contribution in [-0.4, -0.2) is 26.1 Å². The van der Waals surface area contributed by atoms with E-state index in [4.69, 9.17) is 0 Å². The topological polar surface area (TPSA) is 54.5 Å². The zero-order valence-electron chi connectivity index (χ0n) is 10.2. The summed E-state index contributed by atoms with van der Waals surface area (Å²) in [6.07, 6.45) is -5.43. The summed E-state index contributed by atoms with van der Waals surface area (Å²) in [6, 6.07) is 1.46. The minimum absolute atomic E-state index is 0.194. The molecule has 10 heteroatoms. The van der Waals surface area contributed by atoms with Gasteiger partial charge in [-0.15, -0.1) is 3.89 Å². The lowest BCUT2D eigenvalue weighted by molar-refractivity contribution is -0.137. The summed E-state index contributed by atoms with van der Waals surface area (Å²) in [5.41, 5.74) is -1.76. The Morgan fingerprint density at radius 1 is 1.24 bits per heavy atom. The molecule has 0 saturated carbocycles. The Kier molecular flexibility index (Phi) is 3.68. The lowest BCUT2D eigenvalue weighted by Crippen LogP contribution is -2.27. The van der Waals surface area contributed by atoms with Gasteiger partial charge in [0.2, 0.25) is 5.91 Å². The first-order valence-corrected chi connectivity index (χ1v) is 7.05. The summed E-state index contributed by atoms with van der Waals surface area (Å²) in [7, 11) is -4.99. The third-order valence-corrected chi connectivity index (χ3v) is 4.17. The van der Waals surface area contributed by atoms with Crippen LogP contribution in [0, 0.1) is 5.82 Å². The second kappa shape index (κ2) is 4.93. The first-order chi connectivity index (χ1) is 9.50. The predicted molar refractivity (Wildman–Crippen MR) is 62.2 cm³/mol. The van der Waals surface area contributed by atoms with E-state index in [1.54, 1.807) is 0 Å². The Balaban J connectivity index is 2.34. The zero-order chi connectivity index (χ0) is 16.0. The molecule has 1 fully saturated rings. The van der Waals surface area contributed by atoms with Gasteiger partial charge in [-0.25, -0.2) is 4.39 Å². The van der Waals surface area contributed by atoms with Crippen LogP contribution in [0.25, 0.3) is 0 Å². The molecule has 1 saturated heterocycles. The Bertz CT molecular complexity index is 686. The van der Waals surface area contributed by atoms with E-state index in [0.717, 1.165) is 0 Å². The summed E-state index contributed by atoms with van der Waals surface area (Å²) in [6.45, 7) is -0.639. The molecule has 0 N–H and O–H groups in total. The fraction of sp³-hybridized carbons (Fsp3) is 0.364. The fourth-order valence-corrected chi connectivity index (χ4v) is 2.67. The number of benzene rings is 1. The van der Waals surface area contributed by atoms with Gasteiger partial charge in [0.05, 0.1) is 11.3 Å². The quantitative estimate of drug-likeness (QED) is 0.618. The minimum atomic E-state index is -4.99. The minimum Gasteiger partial charge on any atom is -0.308 e. The Morgan fingerprint density at radius 2 is 1.86 bits per heavy atom. The maximum absolute atomic E-state index is 13.7. The normalized spacial score (nSPS) is 20.1. The van der Waals surface area contributed by atoms with Crippen molar-refractivity contribution in [3.63, 3.8) is 0 Å². The first kappa shape index (κ1) is 15.7. The molecule has 0 spiro atoms. The summed E-state index contributed by atoms with van der Waals surface area (Å²) in [5.74, 6) is -2.21. The monoisotopic (exact) mass is 329 g/mol. The van der Waals surface area contributed by atoms with Crippen LogP contribution in [0.3, 0.4) is 0 Å². The number of anilines is 1. The second-order valence-electron chi connectivity index (χ2n) is 4.47. The number of amides is 1. The number of carbonyl (C=O) groups is 1. The fourth-order valence-electron chi connectivity index (χ4n) is 2.00. The van der Waals surface area contributed by atoms with Gasteiger partial charge >= 0.3 is 16.4 Å². The molecule has 1 aliphatic heterocycles. The molecule has 21 heavy (non-hydrogen) atoms. The average molecular weight is 329 g/mol. The molecule has 0 bridgehead atoms. The molecule has 1 amide bonds. The summed E-state index contributed by atoms with van der Waals surface area (Å²) >= 11 is 0. The van der Waals surface area contributed by atoms with Crippen LogP contribution in [0.5, 0.6) is 0 Å². The number of alkyl halides is 3. The largest absolute Gasteiger partial charge is 0.416 e. The van der Waals surface area contributed by atoms with Gasteiger partial charge in [-0.05, 0) is 18.2 Å². The van der Waals surface area contributed by atoms with Crippen molar-refractivity contribution in [3.05, 3.63) is 29.6 Å². The van der Waals surface area contributed by atoms with E-state index in [9.17, 15) is 34.7 Å². The number of halogens is 5. The molecule has 1 heterocycles. The van der Waals surface area contributed by atoms with Crippen molar-refractivity contribution in [2.45, 2.75) is 17.8 Å². The number of nitrogens with zero attached hydrogens (tertiary/aromatic N) is 1. The van der Waals surface area contributed by atoms with Crippen molar-refractivity contribution in [1.82, 2.24) is 0 Å². The molecule has 4 nitrogen and oxygen atoms in total. The van der Waals surface area contributed by atoms with Gasteiger partial charge in [0.15, 0.2) is 0 Å². The average Bonchev–Trinajstić information content (AvgIpc) is 2.70. The van der Waals surface area contributed by atoms with E-state index in [-0.39, 0.29) is 6.07 Å². The lowest BCUT2D eigenvalue weighted by atomic mass is 10.2. The Labute approximate surface area is 116 Å². The van der Waals surface area contributed by atoms with Crippen LogP contribution in [0.15, 0.2) is 18.2 Å². The van der Waals surface area contributed by atoms with Crippen LogP contribution >= 0.6 is 0 Å². The van der Waals surface area contributed by atoms with E-state index < -0.39 is 57.6 Å². The number of hydrogen-bond donors (Lipinski definition) is 0. The van der Waals surface area contributed by atoms with Crippen molar-refractivity contribution in [2.75, 3.05) is 11.4 Å². The van der Waals surface area contributed by atoms with Crippen LogP contribution in [0.1, 0.15) is 12.0 Å². The maximum atomic E-state index is 13.7. The molecule has 1 aromatic carbocycles. The standard InChI is InChI=1S/C11H8F5NO3S/c12-8-3-6(11(13,14)15)1-2-9(8)17-5-7(4-10(17)18)21(16,19)20/h1-3,7H,4-5H2. The van der Waals surface area contributed by atoms with Crippen molar-refractivity contribution >= 4 is 21.8 Å². The number of rotatable bonds is 2. The van der Waals surface area contributed by atoms with Gasteiger partial charge in [0.1, 0.15) is 11.1 Å². The molecule has 2 rings (SSSR count). The van der Waals surface area contributed by atoms with Gasteiger partial charge in [-0.3, -0.25) is 4.79 Å². The molecule has 116 valence electrons. The van der Waals surface area contributed by atoms with E-state index in [1.165, 1.54) is 0 Å². The molecule has 1 unspecified atom stereocenters. The summed E-state index contributed by atoms with van der Waals surface area (Å²) in [4.78, 5) is 12.2. The van der Waals surface area contributed by atoms with Crippen molar-refractivity contribution in [1.29, 1.82) is 0 Å². The first-order valence-electron chi connectivity index (χ1n) is 5.60. The predicted octanol–water partition coefficient (Wildman–Crippen LogP) is 2.25. The number of hydrogen-bond acceptors (Lipinski definition) is 3. The molecule has 0 aliphatic carbocycles. The third kappa shape index (κ3) is 3.14. The van der Waals surface area contributed by atoms with E-state index in [0.29, 0.717) is 17.0 Å². The van der Waals surface area contributed by atoms with Gasteiger partial charge in [-0.1, -0.05) is 0 Å². The zero-order valence-corrected chi connectivity index (χ0v) is 11.0. The highest BCUT2D eigenvalue weighted by molar-refractivity contribution is 7.87. The third-order valence-electron chi connectivity index (χ3n) is 3.05. The molecular weight excluding hydrogens is 321 g/mol. The van der Waals surface area contributed by atoms with Crippen LogP contribution < -0.4 is 4.90 Å². The SMILES string of the molecule is O=C1CC(S(=O)(=O)F)CN1c1ccc(C(F)(F)F)cc1F. The maximum Gasteiger partial charge on any atom is 0.416 e. The van der Waals surface area contributed by atoms with Crippen LogP contribution in [-0.2, 0) is 21.2 Å². The van der Waals surface area contributed by atoms with Gasteiger partial charge in [-0.2, -0.15) is 21.6 Å². The summed E-state index contributed by atoms with van der Waals surface area (Å²) < 4.78 is 85.2. The van der Waals surface area contributed by atoms with Crippen molar-refractivity contribution in [2.24, 2.45) is 0 Å². The molecular formula is C11H8F5NO3S. The molecule has 1 atom stereocenters. The Morgan fingerprint density at radius 3 is 2.29 bits per heavy atom. The Hall–Kier alpha value is -1.71. The lowest BCUT2D eigenvalue weighted by Gasteiger charge is -2.18. The summed E-state index contributed by atoms with van der Waals surface area (Å²) in [5, 5.41) is -1.65. The molecule has 0 radical (unpaired) electrons.